The number of aromatic nitrogens is 1. The van der Waals surface area contributed by atoms with Crippen LogP contribution in [0.5, 0.6) is 11.5 Å². The summed E-state index contributed by atoms with van der Waals surface area (Å²) < 4.78 is 21.1. The Labute approximate surface area is 189 Å². The minimum atomic E-state index is -0.392. The zero-order valence-electron chi connectivity index (χ0n) is 17.9. The maximum atomic E-state index is 12.6. The Balaban J connectivity index is 1.58. The normalized spacial score (nSPS) is 13.4. The molecule has 0 aliphatic carbocycles. The third-order valence-electron chi connectivity index (χ3n) is 4.54. The van der Waals surface area contributed by atoms with Crippen molar-refractivity contribution >= 4 is 34.3 Å². The maximum absolute atomic E-state index is 12.6. The number of carbonyl (C=O) groups is 3. The molecule has 0 atom stereocenters. The third kappa shape index (κ3) is 6.41. The fourth-order valence-corrected chi connectivity index (χ4v) is 3.65. The molecule has 2 aromatic rings. The van der Waals surface area contributed by atoms with Gasteiger partial charge in [0.25, 0.3) is 11.8 Å². The van der Waals surface area contributed by atoms with E-state index >= 15 is 0 Å². The van der Waals surface area contributed by atoms with Gasteiger partial charge in [-0.25, -0.2) is 4.98 Å². The fourth-order valence-electron chi connectivity index (χ4n) is 2.95. The molecule has 2 amide bonds. The number of thiazole rings is 1. The van der Waals surface area contributed by atoms with Crippen LogP contribution in [0.4, 0.5) is 5.13 Å². The highest BCUT2D eigenvalue weighted by Gasteiger charge is 2.19. The summed E-state index contributed by atoms with van der Waals surface area (Å²) in [6.07, 6.45) is 0.0449. The van der Waals surface area contributed by atoms with Crippen molar-refractivity contribution in [1.29, 1.82) is 0 Å². The van der Waals surface area contributed by atoms with Crippen molar-refractivity contribution in [3.8, 4) is 11.5 Å². The molecule has 10 nitrogen and oxygen atoms in total. The van der Waals surface area contributed by atoms with Crippen LogP contribution in [0.25, 0.3) is 0 Å². The summed E-state index contributed by atoms with van der Waals surface area (Å²) in [6, 6.07) is 4.67. The van der Waals surface area contributed by atoms with Crippen LogP contribution in [0.1, 0.15) is 23.0 Å². The number of rotatable bonds is 9. The SMILES string of the molecule is CCOC(=O)Cc1csc(NC(=O)c2ccc(OCC(=O)N3CCOCC3)c(OC)c2)n1. The number of hydrogen-bond donors (Lipinski definition) is 1. The molecule has 1 aliphatic rings. The number of anilines is 1. The smallest absolute Gasteiger partial charge is 0.311 e. The summed E-state index contributed by atoms with van der Waals surface area (Å²) in [5.41, 5.74) is 0.853. The van der Waals surface area contributed by atoms with E-state index in [0.29, 0.717) is 60.8 Å². The van der Waals surface area contributed by atoms with Crippen molar-refractivity contribution < 1.29 is 33.3 Å². The first kappa shape index (κ1) is 23.5. The van der Waals surface area contributed by atoms with Crippen LogP contribution in [0, 0.1) is 0 Å². The van der Waals surface area contributed by atoms with E-state index < -0.39 is 5.91 Å². The molecule has 172 valence electrons. The molecule has 1 aromatic heterocycles. The van der Waals surface area contributed by atoms with Crippen LogP contribution < -0.4 is 14.8 Å². The van der Waals surface area contributed by atoms with Gasteiger partial charge in [0.15, 0.2) is 23.2 Å². The number of nitrogens with one attached hydrogen (secondary N) is 1. The summed E-state index contributed by atoms with van der Waals surface area (Å²) in [7, 11) is 1.45. The van der Waals surface area contributed by atoms with Gasteiger partial charge in [0.05, 0.1) is 39.0 Å². The predicted molar refractivity (Wildman–Crippen MR) is 116 cm³/mol. The van der Waals surface area contributed by atoms with Crippen LogP contribution in [0.3, 0.4) is 0 Å². The lowest BCUT2D eigenvalue weighted by Gasteiger charge is -2.26. The largest absolute Gasteiger partial charge is 0.493 e. The molecule has 32 heavy (non-hydrogen) atoms. The molecule has 0 spiro atoms. The Bertz CT molecular complexity index is 957. The van der Waals surface area contributed by atoms with E-state index in [4.69, 9.17) is 18.9 Å². The number of esters is 1. The average Bonchev–Trinajstić information content (AvgIpc) is 3.24. The van der Waals surface area contributed by atoms with Gasteiger partial charge in [0.2, 0.25) is 0 Å². The number of nitrogens with zero attached hydrogens (tertiary/aromatic N) is 2. The first-order valence-corrected chi connectivity index (χ1v) is 11.0. The fraction of sp³-hybridized carbons (Fsp3) is 0.429. The first-order chi connectivity index (χ1) is 15.5. The predicted octanol–water partition coefficient (Wildman–Crippen LogP) is 1.75. The molecular weight excluding hydrogens is 438 g/mol. The van der Waals surface area contributed by atoms with Crippen LogP contribution in [-0.4, -0.2) is 74.3 Å². The lowest BCUT2D eigenvalue weighted by atomic mass is 10.2. The first-order valence-electron chi connectivity index (χ1n) is 10.1. The monoisotopic (exact) mass is 463 g/mol. The van der Waals surface area contributed by atoms with E-state index in [1.807, 2.05) is 0 Å². The number of hydrogen-bond acceptors (Lipinski definition) is 9. The van der Waals surface area contributed by atoms with Crippen molar-refractivity contribution in [2.75, 3.05) is 51.9 Å². The second-order valence-electron chi connectivity index (χ2n) is 6.73. The van der Waals surface area contributed by atoms with Crippen molar-refractivity contribution in [2.24, 2.45) is 0 Å². The van der Waals surface area contributed by atoms with Crippen LogP contribution in [-0.2, 0) is 25.5 Å². The van der Waals surface area contributed by atoms with Gasteiger partial charge in [0, 0.05) is 24.0 Å². The maximum Gasteiger partial charge on any atom is 0.311 e. The summed E-state index contributed by atoms with van der Waals surface area (Å²) in [5, 5.41) is 4.75. The van der Waals surface area contributed by atoms with Crippen LogP contribution >= 0.6 is 11.3 Å². The Morgan fingerprint density at radius 2 is 2.00 bits per heavy atom. The van der Waals surface area contributed by atoms with Gasteiger partial charge >= 0.3 is 5.97 Å². The van der Waals surface area contributed by atoms with Crippen molar-refractivity contribution in [3.05, 3.63) is 34.8 Å². The number of amides is 2. The van der Waals surface area contributed by atoms with Crippen molar-refractivity contribution in [1.82, 2.24) is 9.88 Å². The second kappa shape index (κ2) is 11.4. The lowest BCUT2D eigenvalue weighted by Crippen LogP contribution is -2.43. The molecular formula is C21H25N3O7S. The van der Waals surface area contributed by atoms with E-state index in [-0.39, 0.29) is 24.9 Å². The number of methoxy groups -OCH3 is 1. The minimum Gasteiger partial charge on any atom is -0.493 e. The van der Waals surface area contributed by atoms with Gasteiger partial charge in [-0.15, -0.1) is 11.3 Å². The summed E-state index contributed by atoms with van der Waals surface area (Å²) in [4.78, 5) is 42.3. The Kier molecular flexibility index (Phi) is 8.40. The van der Waals surface area contributed by atoms with E-state index in [1.54, 1.807) is 29.3 Å². The van der Waals surface area contributed by atoms with Gasteiger partial charge in [0.1, 0.15) is 0 Å². The number of morpholine rings is 1. The van der Waals surface area contributed by atoms with Gasteiger partial charge in [-0.05, 0) is 25.1 Å². The Morgan fingerprint density at radius 3 is 2.72 bits per heavy atom. The van der Waals surface area contributed by atoms with Gasteiger partial charge in [-0.1, -0.05) is 0 Å². The van der Waals surface area contributed by atoms with Crippen molar-refractivity contribution in [3.63, 3.8) is 0 Å². The molecule has 1 N–H and O–H groups in total. The van der Waals surface area contributed by atoms with Crippen LogP contribution in [0.15, 0.2) is 23.6 Å². The minimum absolute atomic E-state index is 0.0449. The molecule has 0 bridgehead atoms. The second-order valence-corrected chi connectivity index (χ2v) is 7.59. The Morgan fingerprint density at radius 1 is 1.22 bits per heavy atom. The van der Waals surface area contributed by atoms with Gasteiger partial charge in [-0.3, -0.25) is 19.7 Å². The number of carbonyl (C=O) groups excluding carboxylic acids is 3. The van der Waals surface area contributed by atoms with E-state index in [0.717, 1.165) is 0 Å². The summed E-state index contributed by atoms with van der Waals surface area (Å²) in [5.74, 6) is -0.217. The topological polar surface area (TPSA) is 116 Å². The molecule has 2 heterocycles. The highest BCUT2D eigenvalue weighted by Crippen LogP contribution is 2.29. The highest BCUT2D eigenvalue weighted by atomic mass is 32.1. The van der Waals surface area contributed by atoms with Gasteiger partial charge < -0.3 is 23.8 Å². The highest BCUT2D eigenvalue weighted by molar-refractivity contribution is 7.14. The molecule has 1 aliphatic heterocycles. The van der Waals surface area contributed by atoms with Crippen LogP contribution in [0.2, 0.25) is 0 Å². The summed E-state index contributed by atoms with van der Waals surface area (Å²) >= 11 is 1.21. The lowest BCUT2D eigenvalue weighted by molar-refractivity contribution is -0.142. The van der Waals surface area contributed by atoms with E-state index in [2.05, 4.69) is 10.3 Å². The molecule has 0 saturated carbocycles. The number of benzene rings is 1. The van der Waals surface area contributed by atoms with E-state index in [1.165, 1.54) is 24.5 Å². The average molecular weight is 464 g/mol. The van der Waals surface area contributed by atoms with Crippen molar-refractivity contribution in [2.45, 2.75) is 13.3 Å². The van der Waals surface area contributed by atoms with Gasteiger partial charge in [-0.2, -0.15) is 0 Å². The zero-order chi connectivity index (χ0) is 22.9. The molecule has 1 fully saturated rings. The molecule has 0 unspecified atom stereocenters. The van der Waals surface area contributed by atoms with E-state index in [9.17, 15) is 14.4 Å². The third-order valence-corrected chi connectivity index (χ3v) is 5.35. The molecule has 1 aromatic carbocycles. The number of ether oxygens (including phenoxy) is 4. The molecule has 1 saturated heterocycles. The molecule has 3 rings (SSSR count). The Hall–Kier alpha value is -3.18. The summed E-state index contributed by atoms with van der Waals surface area (Å²) in [6.45, 7) is 4.01. The standard InChI is InChI=1S/C21H25N3O7S/c1-3-30-19(26)11-15-13-32-21(22-15)23-20(27)14-4-5-16(17(10-14)28-2)31-12-18(25)24-6-8-29-9-7-24/h4-5,10,13H,3,6-9,11-12H2,1-2H3,(H,22,23,27). The zero-order valence-corrected chi connectivity index (χ0v) is 18.7. The molecule has 0 radical (unpaired) electrons. The quantitative estimate of drug-likeness (QED) is 0.559. The molecule has 11 heteroatoms.